The van der Waals surface area contributed by atoms with Gasteiger partial charge in [-0.2, -0.15) is 5.10 Å². The lowest BCUT2D eigenvalue weighted by Gasteiger charge is -2.18. The first-order valence-corrected chi connectivity index (χ1v) is 10.5. The summed E-state index contributed by atoms with van der Waals surface area (Å²) in [6.07, 6.45) is 1.02. The number of hydrogen-bond acceptors (Lipinski definition) is 4. The largest absolute Gasteiger partial charge is 0.497 e. The van der Waals surface area contributed by atoms with Gasteiger partial charge in [-0.1, -0.05) is 23.8 Å². The average Bonchev–Trinajstić information content (AvgIpc) is 3.05. The van der Waals surface area contributed by atoms with Gasteiger partial charge in [0.25, 0.3) is 0 Å². The molecule has 0 aliphatic rings. The maximum Gasteiger partial charge on any atom is 0.220 e. The molecule has 2 aromatic carbocycles. The van der Waals surface area contributed by atoms with Crippen molar-refractivity contribution in [3.05, 3.63) is 70.5 Å². The van der Waals surface area contributed by atoms with Crippen LogP contribution in [0.2, 0.25) is 0 Å². The van der Waals surface area contributed by atoms with E-state index >= 15 is 0 Å². The third-order valence-electron chi connectivity index (χ3n) is 5.57. The minimum atomic E-state index is -0.135. The standard InChI is InChI=1S/C25H31N3O3/c1-16-10-12-24(31-6)23(14-16)17(2)26-25(29)13-11-22-18(3)27-28(19(22)4)20-8-7-9-21(15-20)30-5/h7-10,12,14-15,17H,11,13H2,1-6H3,(H,26,29)/t17-/m1/s1. The Morgan fingerprint density at radius 3 is 2.58 bits per heavy atom. The van der Waals surface area contributed by atoms with E-state index in [-0.39, 0.29) is 11.9 Å². The summed E-state index contributed by atoms with van der Waals surface area (Å²) in [5.41, 5.74) is 6.12. The lowest BCUT2D eigenvalue weighted by Crippen LogP contribution is -2.27. The van der Waals surface area contributed by atoms with Gasteiger partial charge in [-0.15, -0.1) is 0 Å². The topological polar surface area (TPSA) is 65.4 Å². The van der Waals surface area contributed by atoms with E-state index in [0.717, 1.165) is 45.3 Å². The summed E-state index contributed by atoms with van der Waals surface area (Å²) in [4.78, 5) is 12.7. The molecule has 1 N–H and O–H groups in total. The monoisotopic (exact) mass is 421 g/mol. The SMILES string of the molecule is COc1cccc(-n2nc(C)c(CCC(=O)N[C@H](C)c3cc(C)ccc3OC)c2C)c1. The Labute approximate surface area is 184 Å². The van der Waals surface area contributed by atoms with Crippen LogP contribution in [0.15, 0.2) is 42.5 Å². The zero-order chi connectivity index (χ0) is 22.5. The minimum absolute atomic E-state index is 0.00369. The van der Waals surface area contributed by atoms with Gasteiger partial charge >= 0.3 is 0 Å². The molecular formula is C25H31N3O3. The van der Waals surface area contributed by atoms with Crippen LogP contribution in [-0.2, 0) is 11.2 Å². The zero-order valence-corrected chi connectivity index (χ0v) is 19.2. The van der Waals surface area contributed by atoms with Gasteiger partial charge < -0.3 is 14.8 Å². The van der Waals surface area contributed by atoms with Gasteiger partial charge in [0, 0.05) is 23.7 Å². The summed E-state index contributed by atoms with van der Waals surface area (Å²) in [6.45, 7) is 8.03. The molecule has 0 saturated heterocycles. The summed E-state index contributed by atoms with van der Waals surface area (Å²) in [7, 11) is 3.30. The highest BCUT2D eigenvalue weighted by Gasteiger charge is 2.17. The van der Waals surface area contributed by atoms with Crippen molar-refractivity contribution in [1.29, 1.82) is 0 Å². The number of methoxy groups -OCH3 is 2. The number of nitrogens with zero attached hydrogens (tertiary/aromatic N) is 2. The number of nitrogens with one attached hydrogen (secondary N) is 1. The van der Waals surface area contributed by atoms with E-state index in [4.69, 9.17) is 9.47 Å². The van der Waals surface area contributed by atoms with Crippen molar-refractivity contribution in [3.63, 3.8) is 0 Å². The van der Waals surface area contributed by atoms with Gasteiger partial charge in [0.15, 0.2) is 0 Å². The van der Waals surface area contributed by atoms with E-state index in [0.29, 0.717) is 12.8 Å². The Morgan fingerprint density at radius 1 is 1.10 bits per heavy atom. The smallest absolute Gasteiger partial charge is 0.220 e. The molecule has 0 spiro atoms. The van der Waals surface area contributed by atoms with Crippen LogP contribution in [0, 0.1) is 20.8 Å². The molecule has 164 valence electrons. The second-order valence-electron chi connectivity index (χ2n) is 7.80. The van der Waals surface area contributed by atoms with Gasteiger partial charge in [0.1, 0.15) is 11.5 Å². The van der Waals surface area contributed by atoms with Crippen molar-refractivity contribution in [2.24, 2.45) is 0 Å². The van der Waals surface area contributed by atoms with Gasteiger partial charge in [0.2, 0.25) is 5.91 Å². The lowest BCUT2D eigenvalue weighted by atomic mass is 10.0. The number of amides is 1. The molecule has 0 unspecified atom stereocenters. The molecule has 3 rings (SSSR count). The number of aryl methyl sites for hydroxylation is 2. The number of ether oxygens (including phenoxy) is 2. The van der Waals surface area contributed by atoms with Crippen molar-refractivity contribution in [2.75, 3.05) is 14.2 Å². The quantitative estimate of drug-likeness (QED) is 0.576. The number of carbonyl (C=O) groups is 1. The molecule has 1 aromatic heterocycles. The number of aromatic nitrogens is 2. The van der Waals surface area contributed by atoms with Crippen LogP contribution in [0.25, 0.3) is 5.69 Å². The van der Waals surface area contributed by atoms with Crippen LogP contribution < -0.4 is 14.8 Å². The molecule has 3 aromatic rings. The summed E-state index contributed by atoms with van der Waals surface area (Å²) >= 11 is 0. The Kier molecular flexibility index (Phi) is 7.00. The third kappa shape index (κ3) is 5.08. The summed E-state index contributed by atoms with van der Waals surface area (Å²) in [5, 5.41) is 7.79. The van der Waals surface area contributed by atoms with E-state index in [1.54, 1.807) is 14.2 Å². The predicted octanol–water partition coefficient (Wildman–Crippen LogP) is 4.62. The molecule has 0 bridgehead atoms. The van der Waals surface area contributed by atoms with Crippen molar-refractivity contribution < 1.29 is 14.3 Å². The average molecular weight is 422 g/mol. The Hall–Kier alpha value is -3.28. The number of benzene rings is 2. The molecule has 6 nitrogen and oxygen atoms in total. The van der Waals surface area contributed by atoms with Crippen molar-refractivity contribution in [1.82, 2.24) is 15.1 Å². The maximum atomic E-state index is 12.7. The molecule has 6 heteroatoms. The zero-order valence-electron chi connectivity index (χ0n) is 19.2. The molecule has 31 heavy (non-hydrogen) atoms. The Balaban J connectivity index is 1.69. The van der Waals surface area contributed by atoms with Crippen LogP contribution >= 0.6 is 0 Å². The van der Waals surface area contributed by atoms with Gasteiger partial charge in [-0.25, -0.2) is 4.68 Å². The van der Waals surface area contributed by atoms with Gasteiger partial charge in [-0.3, -0.25) is 4.79 Å². The maximum absolute atomic E-state index is 12.7. The van der Waals surface area contributed by atoms with E-state index in [1.807, 2.05) is 68.8 Å². The lowest BCUT2D eigenvalue weighted by molar-refractivity contribution is -0.121. The summed E-state index contributed by atoms with van der Waals surface area (Å²) < 4.78 is 12.7. The summed E-state index contributed by atoms with van der Waals surface area (Å²) in [5.74, 6) is 1.57. The second kappa shape index (κ2) is 9.69. The number of rotatable bonds is 8. The first-order chi connectivity index (χ1) is 14.8. The highest BCUT2D eigenvalue weighted by Crippen LogP contribution is 2.26. The normalized spacial score (nSPS) is 11.8. The van der Waals surface area contributed by atoms with E-state index in [2.05, 4.69) is 16.5 Å². The van der Waals surface area contributed by atoms with Crippen molar-refractivity contribution >= 4 is 5.91 Å². The molecule has 0 saturated carbocycles. The highest BCUT2D eigenvalue weighted by molar-refractivity contribution is 5.77. The molecule has 1 amide bonds. The highest BCUT2D eigenvalue weighted by atomic mass is 16.5. The van der Waals surface area contributed by atoms with E-state index in [9.17, 15) is 4.79 Å². The fourth-order valence-electron chi connectivity index (χ4n) is 3.85. The van der Waals surface area contributed by atoms with E-state index in [1.165, 1.54) is 0 Å². The second-order valence-corrected chi connectivity index (χ2v) is 7.80. The molecule has 0 radical (unpaired) electrons. The van der Waals surface area contributed by atoms with Crippen LogP contribution in [0.3, 0.4) is 0 Å². The fraction of sp³-hybridized carbons (Fsp3) is 0.360. The van der Waals surface area contributed by atoms with Crippen molar-refractivity contribution in [3.8, 4) is 17.2 Å². The van der Waals surface area contributed by atoms with Gasteiger partial charge in [0.05, 0.1) is 31.6 Å². The van der Waals surface area contributed by atoms with E-state index < -0.39 is 0 Å². The van der Waals surface area contributed by atoms with Crippen molar-refractivity contribution in [2.45, 2.75) is 46.6 Å². The first kappa shape index (κ1) is 22.4. The van der Waals surface area contributed by atoms with Crippen LogP contribution in [-0.4, -0.2) is 29.9 Å². The predicted molar refractivity (Wildman–Crippen MR) is 122 cm³/mol. The Bertz CT molecular complexity index is 1070. The van der Waals surface area contributed by atoms with Gasteiger partial charge in [-0.05, 0) is 57.9 Å². The van der Waals surface area contributed by atoms with Crippen LogP contribution in [0.1, 0.15) is 47.5 Å². The molecule has 1 atom stereocenters. The molecule has 0 aliphatic heterocycles. The number of carbonyl (C=O) groups excluding carboxylic acids is 1. The molecule has 1 heterocycles. The van der Waals surface area contributed by atoms with Crippen LogP contribution in [0.5, 0.6) is 11.5 Å². The molecule has 0 aliphatic carbocycles. The summed E-state index contributed by atoms with van der Waals surface area (Å²) in [6, 6.07) is 13.7. The fourth-order valence-corrected chi connectivity index (χ4v) is 3.85. The molecule has 0 fully saturated rings. The number of hydrogen-bond donors (Lipinski definition) is 1. The van der Waals surface area contributed by atoms with Crippen LogP contribution in [0.4, 0.5) is 0 Å². The minimum Gasteiger partial charge on any atom is -0.497 e. The third-order valence-corrected chi connectivity index (χ3v) is 5.57. The molecular weight excluding hydrogens is 390 g/mol. The first-order valence-electron chi connectivity index (χ1n) is 10.5. The Morgan fingerprint density at radius 2 is 1.87 bits per heavy atom.